The molecule has 6 nitrogen and oxygen atoms in total. The van der Waals surface area contributed by atoms with E-state index in [4.69, 9.17) is 4.74 Å². The maximum atomic E-state index is 12.3. The first-order valence-electron chi connectivity index (χ1n) is 8.11. The molecule has 23 heavy (non-hydrogen) atoms. The molecule has 6 heteroatoms. The Balaban J connectivity index is 1.88. The Kier molecular flexibility index (Phi) is 5.46. The van der Waals surface area contributed by atoms with Gasteiger partial charge in [0, 0.05) is 25.3 Å². The Hall–Kier alpha value is -1.82. The molecule has 0 unspecified atom stereocenters. The number of aromatic nitrogens is 1. The van der Waals surface area contributed by atoms with E-state index in [1.54, 1.807) is 17.2 Å². The van der Waals surface area contributed by atoms with Gasteiger partial charge in [-0.1, -0.05) is 0 Å². The van der Waals surface area contributed by atoms with Crippen molar-refractivity contribution in [2.45, 2.75) is 45.3 Å². The van der Waals surface area contributed by atoms with Crippen molar-refractivity contribution in [1.82, 2.24) is 14.8 Å². The summed E-state index contributed by atoms with van der Waals surface area (Å²) in [5.74, 6) is 0.0549. The number of Topliss-reactive ketones (excluding diaryl/α,β-unsaturated/α-hetero) is 1. The smallest absolute Gasteiger partial charge is 0.410 e. The summed E-state index contributed by atoms with van der Waals surface area (Å²) in [6.07, 6.45) is 3.40. The zero-order valence-electron chi connectivity index (χ0n) is 14.5. The van der Waals surface area contributed by atoms with Gasteiger partial charge < -0.3 is 14.6 Å². The van der Waals surface area contributed by atoms with Gasteiger partial charge >= 0.3 is 6.09 Å². The van der Waals surface area contributed by atoms with Crippen molar-refractivity contribution in [2.75, 3.05) is 26.7 Å². The Bertz CT molecular complexity index is 534. The fourth-order valence-corrected chi connectivity index (χ4v) is 2.84. The first-order chi connectivity index (χ1) is 10.8. The Labute approximate surface area is 137 Å². The quantitative estimate of drug-likeness (QED) is 0.846. The largest absolute Gasteiger partial charge is 0.444 e. The fraction of sp³-hybridized carbons (Fsp3) is 0.647. The maximum absolute atomic E-state index is 12.3. The number of carbonyl (C=O) groups excluding carboxylic acids is 2. The van der Waals surface area contributed by atoms with Crippen LogP contribution in [-0.4, -0.2) is 65.0 Å². The third-order valence-electron chi connectivity index (χ3n) is 3.84. The number of likely N-dealkylation sites (tertiary alicyclic amines) is 1. The van der Waals surface area contributed by atoms with E-state index in [1.807, 2.05) is 38.8 Å². The van der Waals surface area contributed by atoms with Crippen LogP contribution in [0.15, 0.2) is 18.3 Å². The van der Waals surface area contributed by atoms with Crippen molar-refractivity contribution in [3.63, 3.8) is 0 Å². The van der Waals surface area contributed by atoms with Crippen LogP contribution in [-0.2, 0) is 4.74 Å². The van der Waals surface area contributed by atoms with Gasteiger partial charge in [0.2, 0.25) is 0 Å². The molecule has 128 valence electrons. The first-order valence-corrected chi connectivity index (χ1v) is 8.11. The van der Waals surface area contributed by atoms with Crippen LogP contribution < -0.4 is 0 Å². The standard InChI is InChI=1S/C17H27N3O3/c1-17(2,3)23-16(22)20-10-6-7-13(20)11-19(4)12-15(21)14-8-5-9-18-14/h5,8-9,13,18H,6-7,10-12H2,1-4H3/t13-/m1/s1. The maximum Gasteiger partial charge on any atom is 0.410 e. The van der Waals surface area contributed by atoms with E-state index in [2.05, 4.69) is 4.98 Å². The second-order valence-electron chi connectivity index (χ2n) is 7.17. The molecule has 1 amide bonds. The number of aromatic amines is 1. The van der Waals surface area contributed by atoms with Crippen molar-refractivity contribution in [2.24, 2.45) is 0 Å². The van der Waals surface area contributed by atoms with Crippen LogP contribution in [0.1, 0.15) is 44.1 Å². The molecule has 1 aromatic heterocycles. The van der Waals surface area contributed by atoms with Crippen molar-refractivity contribution in [3.05, 3.63) is 24.0 Å². The van der Waals surface area contributed by atoms with Crippen LogP contribution in [0, 0.1) is 0 Å². The molecular formula is C17H27N3O3. The number of amides is 1. The summed E-state index contributed by atoms with van der Waals surface area (Å²) in [5.41, 5.74) is 0.131. The first kappa shape index (κ1) is 17.5. The van der Waals surface area contributed by atoms with Gasteiger partial charge in [0.25, 0.3) is 0 Å². The lowest BCUT2D eigenvalue weighted by Gasteiger charge is -2.30. The summed E-state index contributed by atoms with van der Waals surface area (Å²) in [6, 6.07) is 3.69. The molecule has 1 aromatic rings. The number of nitrogens with one attached hydrogen (secondary N) is 1. The molecule has 0 aliphatic carbocycles. The third kappa shape index (κ3) is 5.10. The Morgan fingerprint density at radius 3 is 2.78 bits per heavy atom. The van der Waals surface area contributed by atoms with Crippen LogP contribution in [0.3, 0.4) is 0 Å². The molecule has 1 fully saturated rings. The van der Waals surface area contributed by atoms with E-state index in [-0.39, 0.29) is 17.9 Å². The molecule has 2 heterocycles. The molecule has 1 aliphatic rings. The number of rotatable bonds is 5. The van der Waals surface area contributed by atoms with Gasteiger partial charge in [-0.25, -0.2) is 4.79 Å². The van der Waals surface area contributed by atoms with E-state index < -0.39 is 5.60 Å². The van der Waals surface area contributed by atoms with Gasteiger partial charge in [-0.2, -0.15) is 0 Å². The second-order valence-corrected chi connectivity index (χ2v) is 7.17. The SMILES string of the molecule is CN(CC(=O)c1ccc[nH]1)C[C@H]1CCCN1C(=O)OC(C)(C)C. The number of H-pyrrole nitrogens is 1. The lowest BCUT2D eigenvalue weighted by molar-refractivity contribution is 0.0205. The molecule has 1 N–H and O–H groups in total. The molecule has 0 bridgehead atoms. The predicted octanol–water partition coefficient (Wildman–Crippen LogP) is 2.53. The Morgan fingerprint density at radius 1 is 1.43 bits per heavy atom. The zero-order valence-corrected chi connectivity index (χ0v) is 14.5. The third-order valence-corrected chi connectivity index (χ3v) is 3.84. The van der Waals surface area contributed by atoms with Crippen LogP contribution in [0.25, 0.3) is 0 Å². The summed E-state index contributed by atoms with van der Waals surface area (Å²) < 4.78 is 5.47. The summed E-state index contributed by atoms with van der Waals surface area (Å²) in [6.45, 7) is 7.34. The highest BCUT2D eigenvalue weighted by atomic mass is 16.6. The van der Waals surface area contributed by atoms with E-state index in [0.717, 1.165) is 19.4 Å². The monoisotopic (exact) mass is 321 g/mol. The molecule has 0 aromatic carbocycles. The molecule has 1 aliphatic heterocycles. The average molecular weight is 321 g/mol. The number of ether oxygens (including phenoxy) is 1. The van der Waals surface area contributed by atoms with Crippen LogP contribution >= 0.6 is 0 Å². The predicted molar refractivity (Wildman–Crippen MR) is 88.6 cm³/mol. The number of likely N-dealkylation sites (N-methyl/N-ethyl adjacent to an activating group) is 1. The Morgan fingerprint density at radius 2 is 2.17 bits per heavy atom. The minimum Gasteiger partial charge on any atom is -0.444 e. The van der Waals surface area contributed by atoms with Crippen LogP contribution in [0.5, 0.6) is 0 Å². The lowest BCUT2D eigenvalue weighted by atomic mass is 10.2. The zero-order chi connectivity index (χ0) is 17.0. The van der Waals surface area contributed by atoms with Crippen molar-refractivity contribution in [1.29, 1.82) is 0 Å². The number of carbonyl (C=O) groups is 2. The summed E-state index contributed by atoms with van der Waals surface area (Å²) >= 11 is 0. The average Bonchev–Trinajstić information content (AvgIpc) is 3.06. The molecular weight excluding hydrogens is 294 g/mol. The highest BCUT2D eigenvalue weighted by Crippen LogP contribution is 2.21. The van der Waals surface area contributed by atoms with E-state index in [0.29, 0.717) is 18.8 Å². The summed E-state index contributed by atoms with van der Waals surface area (Å²) in [5, 5.41) is 0. The van der Waals surface area contributed by atoms with Gasteiger partial charge in [0.15, 0.2) is 5.78 Å². The molecule has 2 rings (SSSR count). The van der Waals surface area contributed by atoms with Gasteiger partial charge in [0.1, 0.15) is 5.60 Å². The van der Waals surface area contributed by atoms with Crippen molar-refractivity contribution in [3.8, 4) is 0 Å². The number of nitrogens with zero attached hydrogens (tertiary/aromatic N) is 2. The van der Waals surface area contributed by atoms with E-state index in [9.17, 15) is 9.59 Å². The fourth-order valence-electron chi connectivity index (χ4n) is 2.84. The van der Waals surface area contributed by atoms with Crippen LogP contribution in [0.2, 0.25) is 0 Å². The minimum absolute atomic E-state index is 0.0549. The van der Waals surface area contributed by atoms with Gasteiger partial charge in [-0.3, -0.25) is 9.69 Å². The number of ketones is 1. The highest BCUT2D eigenvalue weighted by molar-refractivity contribution is 5.95. The summed E-state index contributed by atoms with van der Waals surface area (Å²) in [4.78, 5) is 31.1. The minimum atomic E-state index is -0.486. The topological polar surface area (TPSA) is 65.6 Å². The molecule has 0 spiro atoms. The number of hydrogen-bond acceptors (Lipinski definition) is 4. The van der Waals surface area contributed by atoms with Crippen molar-refractivity contribution >= 4 is 11.9 Å². The van der Waals surface area contributed by atoms with E-state index in [1.165, 1.54) is 0 Å². The van der Waals surface area contributed by atoms with Gasteiger partial charge in [-0.05, 0) is 52.8 Å². The lowest BCUT2D eigenvalue weighted by Crippen LogP contribution is -2.45. The van der Waals surface area contributed by atoms with E-state index >= 15 is 0 Å². The van der Waals surface area contributed by atoms with Gasteiger partial charge in [0.05, 0.1) is 12.2 Å². The normalized spacial score (nSPS) is 18.5. The van der Waals surface area contributed by atoms with Crippen LogP contribution in [0.4, 0.5) is 4.79 Å². The molecule has 0 saturated carbocycles. The second kappa shape index (κ2) is 7.17. The van der Waals surface area contributed by atoms with Crippen molar-refractivity contribution < 1.29 is 14.3 Å². The highest BCUT2D eigenvalue weighted by Gasteiger charge is 2.32. The molecule has 0 radical (unpaired) electrons. The molecule has 1 atom stereocenters. The molecule has 1 saturated heterocycles. The number of hydrogen-bond donors (Lipinski definition) is 1. The van der Waals surface area contributed by atoms with Gasteiger partial charge in [-0.15, -0.1) is 0 Å². The summed E-state index contributed by atoms with van der Waals surface area (Å²) in [7, 11) is 1.91.